The first kappa shape index (κ1) is 23.1. The van der Waals surface area contributed by atoms with Gasteiger partial charge in [0.1, 0.15) is 0 Å². The van der Waals surface area contributed by atoms with E-state index in [0.717, 1.165) is 34.0 Å². The smallest absolute Gasteiger partial charge is 0.254 e. The van der Waals surface area contributed by atoms with Crippen LogP contribution in [0.4, 0.5) is 0 Å². The van der Waals surface area contributed by atoms with Gasteiger partial charge in [-0.25, -0.2) is 0 Å². The number of aryl methyl sites for hydroxylation is 1. The fraction of sp³-hybridized carbons (Fsp3) is 0.360. The van der Waals surface area contributed by atoms with E-state index in [4.69, 9.17) is 26.4 Å². The number of rotatable bonds is 6. The van der Waals surface area contributed by atoms with E-state index in [1.807, 2.05) is 43.3 Å². The van der Waals surface area contributed by atoms with Crippen molar-refractivity contribution in [2.24, 2.45) is 0 Å². The van der Waals surface area contributed by atoms with Crippen LogP contribution in [0, 0.1) is 6.92 Å². The van der Waals surface area contributed by atoms with E-state index < -0.39 is 0 Å². The Morgan fingerprint density at radius 1 is 1.15 bits per heavy atom. The molecule has 0 saturated carbocycles. The summed E-state index contributed by atoms with van der Waals surface area (Å²) in [5.41, 5.74) is 4.47. The molecule has 0 saturated heterocycles. The maximum absolute atomic E-state index is 13.4. The zero-order valence-electron chi connectivity index (χ0n) is 19.4. The molecule has 0 aliphatic carbocycles. The lowest BCUT2D eigenvalue weighted by Crippen LogP contribution is -2.47. The summed E-state index contributed by atoms with van der Waals surface area (Å²) in [5, 5.41) is 4.83. The van der Waals surface area contributed by atoms with E-state index in [0.29, 0.717) is 41.9 Å². The van der Waals surface area contributed by atoms with Crippen LogP contribution < -0.4 is 20.3 Å². The Kier molecular flexibility index (Phi) is 6.85. The second kappa shape index (κ2) is 9.80. The predicted molar refractivity (Wildman–Crippen MR) is 134 cm³/mol. The highest BCUT2D eigenvalue weighted by Crippen LogP contribution is 2.40. The lowest BCUT2D eigenvalue weighted by atomic mass is 9.87. The van der Waals surface area contributed by atoms with Gasteiger partial charge in [-0.05, 0) is 65.8 Å². The number of aromatic nitrogens is 1. The van der Waals surface area contributed by atoms with Crippen molar-refractivity contribution in [3.05, 3.63) is 69.0 Å². The van der Waals surface area contributed by atoms with Gasteiger partial charge >= 0.3 is 0 Å². The molecule has 0 fully saturated rings. The Balaban J connectivity index is 1.88. The largest absolute Gasteiger partial charge is 0.493 e. The number of hydrogen-bond donors (Lipinski definition) is 2. The van der Waals surface area contributed by atoms with E-state index >= 15 is 0 Å². The summed E-state index contributed by atoms with van der Waals surface area (Å²) < 4.78 is 16.3. The van der Waals surface area contributed by atoms with Crippen LogP contribution >= 0.6 is 12.2 Å². The SMILES string of the molecule is COCCNC(=S)N1CCc2cc(OC)c(OC)cc2C1c1cc2cccc(C)c2[nH]c1=O. The number of nitrogens with one attached hydrogen (secondary N) is 2. The van der Waals surface area contributed by atoms with Gasteiger partial charge in [0.25, 0.3) is 5.56 Å². The molecule has 174 valence electrons. The second-order valence-corrected chi connectivity index (χ2v) is 8.46. The molecule has 2 aromatic carbocycles. The van der Waals surface area contributed by atoms with E-state index in [1.54, 1.807) is 21.3 Å². The van der Waals surface area contributed by atoms with Crippen LogP contribution in [0.3, 0.4) is 0 Å². The minimum absolute atomic E-state index is 0.130. The zero-order chi connectivity index (χ0) is 23.5. The number of para-hydroxylation sites is 1. The Morgan fingerprint density at radius 2 is 1.91 bits per heavy atom. The van der Waals surface area contributed by atoms with Gasteiger partial charge in [0.2, 0.25) is 0 Å². The van der Waals surface area contributed by atoms with E-state index in [9.17, 15) is 4.79 Å². The van der Waals surface area contributed by atoms with Gasteiger partial charge in [0.05, 0.1) is 32.4 Å². The summed E-state index contributed by atoms with van der Waals surface area (Å²) in [6.45, 7) is 3.78. The highest BCUT2D eigenvalue weighted by molar-refractivity contribution is 7.80. The molecule has 0 amide bonds. The molecule has 0 bridgehead atoms. The minimum atomic E-state index is -0.371. The predicted octanol–water partition coefficient (Wildman–Crippen LogP) is 3.32. The number of aromatic amines is 1. The van der Waals surface area contributed by atoms with Crippen molar-refractivity contribution in [3.63, 3.8) is 0 Å². The average Bonchev–Trinajstić information content (AvgIpc) is 2.82. The summed E-state index contributed by atoms with van der Waals surface area (Å²) in [4.78, 5) is 18.5. The number of methoxy groups -OCH3 is 3. The Labute approximate surface area is 198 Å². The first-order valence-electron chi connectivity index (χ1n) is 10.9. The van der Waals surface area contributed by atoms with Crippen molar-refractivity contribution >= 4 is 28.2 Å². The molecule has 1 atom stereocenters. The van der Waals surface area contributed by atoms with Crippen LogP contribution in [0.2, 0.25) is 0 Å². The Morgan fingerprint density at radius 3 is 2.64 bits per heavy atom. The molecule has 1 aliphatic rings. The van der Waals surface area contributed by atoms with Gasteiger partial charge in [-0.1, -0.05) is 18.2 Å². The highest BCUT2D eigenvalue weighted by atomic mass is 32.1. The number of H-pyrrole nitrogens is 1. The molecule has 1 unspecified atom stereocenters. The number of hydrogen-bond acceptors (Lipinski definition) is 5. The molecular weight excluding hydrogens is 438 g/mol. The molecule has 7 nitrogen and oxygen atoms in total. The third-order valence-electron chi connectivity index (χ3n) is 6.13. The quantitative estimate of drug-likeness (QED) is 0.425. The third-order valence-corrected chi connectivity index (χ3v) is 6.51. The lowest BCUT2D eigenvalue weighted by molar-refractivity contribution is 0.202. The molecular formula is C25H29N3O4S. The molecule has 4 rings (SSSR count). The Bertz CT molecular complexity index is 1240. The average molecular weight is 468 g/mol. The summed E-state index contributed by atoms with van der Waals surface area (Å²) in [6.07, 6.45) is 0.767. The molecule has 3 aromatic rings. The molecule has 0 spiro atoms. The maximum atomic E-state index is 13.4. The molecule has 8 heteroatoms. The highest BCUT2D eigenvalue weighted by Gasteiger charge is 2.33. The summed E-state index contributed by atoms with van der Waals surface area (Å²) in [5.74, 6) is 1.29. The number of ether oxygens (including phenoxy) is 3. The van der Waals surface area contributed by atoms with Gasteiger partial charge in [-0.3, -0.25) is 4.79 Å². The van der Waals surface area contributed by atoms with Gasteiger partial charge in [0.15, 0.2) is 16.6 Å². The lowest BCUT2D eigenvalue weighted by Gasteiger charge is -2.39. The van der Waals surface area contributed by atoms with Crippen molar-refractivity contribution < 1.29 is 14.2 Å². The van der Waals surface area contributed by atoms with Crippen LogP contribution in [0.25, 0.3) is 10.9 Å². The topological polar surface area (TPSA) is 75.8 Å². The number of thiocarbonyl (C=S) groups is 1. The summed E-state index contributed by atoms with van der Waals surface area (Å²) in [6, 6.07) is 11.6. The molecule has 2 heterocycles. The molecule has 1 aliphatic heterocycles. The molecule has 0 radical (unpaired) electrons. The third kappa shape index (κ3) is 4.41. The number of nitrogens with zero attached hydrogens (tertiary/aromatic N) is 1. The first-order chi connectivity index (χ1) is 16.0. The molecule has 1 aromatic heterocycles. The van der Waals surface area contributed by atoms with Crippen LogP contribution in [-0.2, 0) is 11.2 Å². The fourth-order valence-electron chi connectivity index (χ4n) is 4.46. The molecule has 33 heavy (non-hydrogen) atoms. The van der Waals surface area contributed by atoms with Gasteiger partial charge in [0, 0.05) is 25.8 Å². The van der Waals surface area contributed by atoms with Crippen molar-refractivity contribution in [2.75, 3.05) is 41.0 Å². The number of fused-ring (bicyclic) bond motifs is 2. The summed E-state index contributed by atoms with van der Waals surface area (Å²) in [7, 11) is 4.89. The summed E-state index contributed by atoms with van der Waals surface area (Å²) >= 11 is 5.75. The zero-order valence-corrected chi connectivity index (χ0v) is 20.2. The molecule has 2 N–H and O–H groups in total. The van der Waals surface area contributed by atoms with E-state index in [2.05, 4.69) is 15.2 Å². The van der Waals surface area contributed by atoms with E-state index in [-0.39, 0.29) is 11.6 Å². The second-order valence-electron chi connectivity index (χ2n) is 8.07. The van der Waals surface area contributed by atoms with Crippen molar-refractivity contribution in [1.82, 2.24) is 15.2 Å². The maximum Gasteiger partial charge on any atom is 0.254 e. The first-order valence-corrected chi connectivity index (χ1v) is 11.3. The van der Waals surface area contributed by atoms with Crippen molar-refractivity contribution in [2.45, 2.75) is 19.4 Å². The van der Waals surface area contributed by atoms with Crippen molar-refractivity contribution in [1.29, 1.82) is 0 Å². The van der Waals surface area contributed by atoms with Crippen LogP contribution in [0.1, 0.15) is 28.3 Å². The van der Waals surface area contributed by atoms with Gasteiger partial charge in [-0.15, -0.1) is 0 Å². The van der Waals surface area contributed by atoms with Crippen LogP contribution in [0.15, 0.2) is 41.2 Å². The van der Waals surface area contributed by atoms with Gasteiger partial charge < -0.3 is 29.4 Å². The number of benzene rings is 2. The van der Waals surface area contributed by atoms with Crippen LogP contribution in [-0.4, -0.2) is 56.0 Å². The van der Waals surface area contributed by atoms with Gasteiger partial charge in [-0.2, -0.15) is 0 Å². The standard InChI is InChI=1S/C25H29N3O4S/c1-15-6-5-7-17-12-19(24(29)27-22(15)17)23-18-14-21(32-4)20(31-3)13-16(18)8-10-28(23)25(33)26-9-11-30-2/h5-7,12-14,23H,8-11H2,1-4H3,(H,26,33)(H,27,29). The van der Waals surface area contributed by atoms with Crippen molar-refractivity contribution in [3.8, 4) is 11.5 Å². The Hall–Kier alpha value is -3.10. The number of pyridine rings is 1. The monoisotopic (exact) mass is 467 g/mol. The van der Waals surface area contributed by atoms with Crippen LogP contribution in [0.5, 0.6) is 11.5 Å². The normalized spacial score (nSPS) is 15.3. The minimum Gasteiger partial charge on any atom is -0.493 e. The fourth-order valence-corrected chi connectivity index (χ4v) is 4.76. The van der Waals surface area contributed by atoms with E-state index in [1.165, 1.54) is 0 Å².